The molecule has 1 aromatic heterocycles. The number of hydrogen-bond acceptors (Lipinski definition) is 4. The first kappa shape index (κ1) is 27.3. The first-order valence-corrected chi connectivity index (χ1v) is 15.2. The van der Waals surface area contributed by atoms with Gasteiger partial charge < -0.3 is 4.74 Å². The van der Waals surface area contributed by atoms with Crippen LogP contribution in [0.15, 0.2) is 87.2 Å². The molecule has 0 bridgehead atoms. The third-order valence-corrected chi connectivity index (χ3v) is 8.58. The Morgan fingerprint density at radius 3 is 2.53 bits per heavy atom. The van der Waals surface area contributed by atoms with Gasteiger partial charge in [-0.25, -0.2) is 4.98 Å². The maximum absolute atomic E-state index is 13.4. The van der Waals surface area contributed by atoms with Crippen LogP contribution in [0, 0.1) is 7.14 Å². The number of rotatable bonds is 7. The van der Waals surface area contributed by atoms with E-state index >= 15 is 0 Å². The van der Waals surface area contributed by atoms with Crippen molar-refractivity contribution in [3.63, 3.8) is 0 Å². The number of fused-ring (bicyclic) bond motifs is 2. The van der Waals surface area contributed by atoms with Crippen LogP contribution < -0.4 is 10.3 Å². The van der Waals surface area contributed by atoms with E-state index in [0.29, 0.717) is 23.3 Å². The van der Waals surface area contributed by atoms with Crippen molar-refractivity contribution in [2.24, 2.45) is 5.10 Å². The summed E-state index contributed by atoms with van der Waals surface area (Å²) in [6.45, 7) is 4.62. The molecule has 0 radical (unpaired) electrons. The predicted molar refractivity (Wildman–Crippen MR) is 176 cm³/mol. The fraction of sp³-hybridized carbons (Fsp3) is 0.167. The minimum Gasteiger partial charge on any atom is -0.487 e. The van der Waals surface area contributed by atoms with Crippen molar-refractivity contribution in [2.45, 2.75) is 32.8 Å². The van der Waals surface area contributed by atoms with Crippen molar-refractivity contribution in [1.82, 2.24) is 9.66 Å². The van der Waals surface area contributed by atoms with Gasteiger partial charge in [-0.1, -0.05) is 72.2 Å². The second-order valence-electron chi connectivity index (χ2n) is 9.04. The SMILES string of the molecule is CC[C@H](C)c1nc2ccc(Br)cc2c(=O)n1N=Cc1cc(I)c(OCc2cccc3ccccc23)c(I)c1. The van der Waals surface area contributed by atoms with Crippen molar-refractivity contribution in [2.75, 3.05) is 0 Å². The second kappa shape index (κ2) is 11.8. The van der Waals surface area contributed by atoms with Gasteiger partial charge in [-0.3, -0.25) is 4.79 Å². The molecule has 8 heteroatoms. The molecule has 0 fully saturated rings. The summed E-state index contributed by atoms with van der Waals surface area (Å²) in [5, 5.41) is 7.55. The van der Waals surface area contributed by atoms with Crippen LogP contribution in [-0.2, 0) is 6.61 Å². The zero-order valence-corrected chi connectivity index (χ0v) is 26.7. The molecule has 38 heavy (non-hydrogen) atoms. The van der Waals surface area contributed by atoms with Crippen LogP contribution in [0.4, 0.5) is 0 Å². The van der Waals surface area contributed by atoms with E-state index in [1.807, 2.05) is 30.3 Å². The molecule has 5 aromatic rings. The number of benzene rings is 4. The Kier molecular flexibility index (Phi) is 8.49. The van der Waals surface area contributed by atoms with Gasteiger partial charge in [0.1, 0.15) is 18.2 Å². The summed E-state index contributed by atoms with van der Waals surface area (Å²) in [6, 6.07) is 24.2. The molecule has 5 nitrogen and oxygen atoms in total. The lowest BCUT2D eigenvalue weighted by Crippen LogP contribution is -2.23. The van der Waals surface area contributed by atoms with Crippen LogP contribution in [0.5, 0.6) is 5.75 Å². The van der Waals surface area contributed by atoms with Crippen LogP contribution in [0.25, 0.3) is 21.7 Å². The van der Waals surface area contributed by atoms with Crippen molar-refractivity contribution < 1.29 is 4.74 Å². The Hall–Kier alpha value is -2.31. The average molecular weight is 792 g/mol. The van der Waals surface area contributed by atoms with Crippen molar-refractivity contribution in [3.05, 3.63) is 112 Å². The summed E-state index contributed by atoms with van der Waals surface area (Å²) < 4.78 is 10.5. The maximum Gasteiger partial charge on any atom is 0.282 e. The molecule has 5 rings (SSSR count). The Morgan fingerprint density at radius 2 is 1.76 bits per heavy atom. The first-order chi connectivity index (χ1) is 18.4. The topological polar surface area (TPSA) is 56.5 Å². The number of ether oxygens (including phenoxy) is 1. The molecule has 4 aromatic carbocycles. The molecule has 0 amide bonds. The quantitative estimate of drug-likeness (QED) is 0.123. The minimum atomic E-state index is -0.178. The zero-order valence-electron chi connectivity index (χ0n) is 20.8. The molecule has 0 aliphatic rings. The van der Waals surface area contributed by atoms with Crippen LogP contribution in [0.2, 0.25) is 0 Å². The van der Waals surface area contributed by atoms with Gasteiger partial charge in [0.2, 0.25) is 0 Å². The molecule has 0 aliphatic heterocycles. The smallest absolute Gasteiger partial charge is 0.282 e. The fourth-order valence-corrected chi connectivity index (χ4v) is 6.75. The highest BCUT2D eigenvalue weighted by atomic mass is 127. The first-order valence-electron chi connectivity index (χ1n) is 12.2. The van der Waals surface area contributed by atoms with Gasteiger partial charge in [-0.15, -0.1) is 0 Å². The second-order valence-corrected chi connectivity index (χ2v) is 12.3. The highest BCUT2D eigenvalue weighted by molar-refractivity contribution is 14.1. The van der Waals surface area contributed by atoms with E-state index < -0.39 is 0 Å². The highest BCUT2D eigenvalue weighted by Gasteiger charge is 2.16. The number of aromatic nitrogens is 2. The molecule has 192 valence electrons. The van der Waals surface area contributed by atoms with E-state index in [4.69, 9.17) is 9.72 Å². The molecule has 0 spiro atoms. The van der Waals surface area contributed by atoms with Gasteiger partial charge in [-0.2, -0.15) is 9.78 Å². The lowest BCUT2D eigenvalue weighted by molar-refractivity contribution is 0.303. The van der Waals surface area contributed by atoms with Crippen molar-refractivity contribution >= 4 is 89.0 Å². The Balaban J connectivity index is 1.46. The number of halogens is 3. The van der Waals surface area contributed by atoms with Crippen LogP contribution in [-0.4, -0.2) is 15.9 Å². The van der Waals surface area contributed by atoms with Gasteiger partial charge in [-0.05, 0) is 104 Å². The van der Waals surface area contributed by atoms with Crippen LogP contribution in [0.1, 0.15) is 43.1 Å². The van der Waals surface area contributed by atoms with E-state index in [9.17, 15) is 4.79 Å². The summed E-state index contributed by atoms with van der Waals surface area (Å²) in [7, 11) is 0. The van der Waals surface area contributed by atoms with Crippen molar-refractivity contribution in [1.29, 1.82) is 0 Å². The third kappa shape index (κ3) is 5.67. The molecule has 0 N–H and O–H groups in total. The number of hydrogen-bond donors (Lipinski definition) is 0. The fourth-order valence-electron chi connectivity index (χ4n) is 4.26. The van der Waals surface area contributed by atoms with Crippen LogP contribution >= 0.6 is 61.1 Å². The Morgan fingerprint density at radius 1 is 1.03 bits per heavy atom. The monoisotopic (exact) mass is 791 g/mol. The van der Waals surface area contributed by atoms with Gasteiger partial charge in [0.05, 0.1) is 24.3 Å². The van der Waals surface area contributed by atoms with E-state index in [0.717, 1.165) is 34.9 Å². The van der Waals surface area contributed by atoms with E-state index in [1.165, 1.54) is 15.4 Å². The molecular weight excluding hydrogens is 768 g/mol. The number of nitrogens with zero attached hydrogens (tertiary/aromatic N) is 3. The summed E-state index contributed by atoms with van der Waals surface area (Å²) in [6.07, 6.45) is 2.57. The standard InChI is InChI=1S/C30H24BrI2N3O2/c1-3-18(2)29-35-27-12-11-22(31)15-24(27)30(37)36(29)34-16-19-13-25(32)28(26(33)14-19)38-17-21-9-6-8-20-7-4-5-10-23(20)21/h4-16,18H,3,17H2,1-2H3/t18-/m0/s1. The largest absolute Gasteiger partial charge is 0.487 e. The van der Waals surface area contributed by atoms with Gasteiger partial charge in [0, 0.05) is 10.4 Å². The molecule has 0 aliphatic carbocycles. The van der Waals surface area contributed by atoms with Gasteiger partial charge >= 0.3 is 0 Å². The molecule has 1 atom stereocenters. The third-order valence-electron chi connectivity index (χ3n) is 6.48. The van der Waals surface area contributed by atoms with E-state index in [-0.39, 0.29) is 11.5 Å². The van der Waals surface area contributed by atoms with Crippen molar-refractivity contribution in [3.8, 4) is 5.75 Å². The van der Waals surface area contributed by atoms with Gasteiger partial charge in [0.25, 0.3) is 5.56 Å². The van der Waals surface area contributed by atoms with Gasteiger partial charge in [0.15, 0.2) is 0 Å². The Labute approximate surface area is 256 Å². The Bertz CT molecular complexity index is 1720. The molecule has 1 heterocycles. The molecular formula is C30H24BrI2N3O2. The molecule has 0 unspecified atom stereocenters. The maximum atomic E-state index is 13.4. The van der Waals surface area contributed by atoms with E-state index in [2.05, 4.69) is 116 Å². The summed E-state index contributed by atoms with van der Waals surface area (Å²) in [5.41, 5.74) is 2.53. The molecule has 0 saturated heterocycles. The highest BCUT2D eigenvalue weighted by Crippen LogP contribution is 2.30. The summed E-state index contributed by atoms with van der Waals surface area (Å²) in [5.74, 6) is 1.58. The minimum absolute atomic E-state index is 0.0815. The zero-order chi connectivity index (χ0) is 26.8. The average Bonchev–Trinajstić information content (AvgIpc) is 2.92. The lowest BCUT2D eigenvalue weighted by atomic mass is 10.1. The normalized spacial score (nSPS) is 12.4. The summed E-state index contributed by atoms with van der Waals surface area (Å²) in [4.78, 5) is 18.2. The van der Waals surface area contributed by atoms with Crippen LogP contribution in [0.3, 0.4) is 0 Å². The summed E-state index contributed by atoms with van der Waals surface area (Å²) >= 11 is 8.05. The molecule has 0 saturated carbocycles. The predicted octanol–water partition coefficient (Wildman–Crippen LogP) is 8.50. The lowest BCUT2D eigenvalue weighted by Gasteiger charge is -2.14. The van der Waals surface area contributed by atoms with E-state index in [1.54, 1.807) is 12.3 Å².